The fraction of sp³-hybridized carbons (Fsp3) is 0.562. The van der Waals surface area contributed by atoms with E-state index < -0.39 is 0 Å². The van der Waals surface area contributed by atoms with Gasteiger partial charge in [0.2, 0.25) is 0 Å². The molecule has 0 bridgehead atoms. The van der Waals surface area contributed by atoms with E-state index in [9.17, 15) is 0 Å². The van der Waals surface area contributed by atoms with Crippen LogP contribution in [0.3, 0.4) is 0 Å². The molecule has 0 radical (unpaired) electrons. The summed E-state index contributed by atoms with van der Waals surface area (Å²) in [6.07, 6.45) is 3.32. The predicted octanol–water partition coefficient (Wildman–Crippen LogP) is 2.89. The van der Waals surface area contributed by atoms with Crippen LogP contribution in [0.25, 0.3) is 0 Å². The number of hydrogen-bond donors (Lipinski definition) is 1. The summed E-state index contributed by atoms with van der Waals surface area (Å²) in [5.74, 6) is 0.778. The number of nitriles is 1. The van der Waals surface area contributed by atoms with E-state index in [0.717, 1.165) is 50.5 Å². The first-order valence-electron chi connectivity index (χ1n) is 7.24. The summed E-state index contributed by atoms with van der Waals surface area (Å²) in [6, 6.07) is 9.78. The molecule has 1 aromatic carbocycles. The van der Waals surface area contributed by atoms with E-state index >= 15 is 0 Å². The number of nitrogens with zero attached hydrogens (tertiary/aromatic N) is 1. The molecule has 0 heterocycles. The third kappa shape index (κ3) is 7.13. The van der Waals surface area contributed by atoms with Crippen LogP contribution < -0.4 is 10.1 Å². The number of rotatable bonds is 11. The van der Waals surface area contributed by atoms with Gasteiger partial charge in [0.05, 0.1) is 0 Å². The first-order valence-corrected chi connectivity index (χ1v) is 7.24. The smallest absolute Gasteiger partial charge is 0.174 e. The van der Waals surface area contributed by atoms with Gasteiger partial charge in [-0.2, -0.15) is 5.26 Å². The SMILES string of the molecule is CCCCOCCCNCc1ccccc1OCC#N. The molecule has 0 amide bonds. The minimum atomic E-state index is 0.0856. The van der Waals surface area contributed by atoms with Gasteiger partial charge < -0.3 is 14.8 Å². The zero-order chi connectivity index (χ0) is 14.5. The van der Waals surface area contributed by atoms with Crippen molar-refractivity contribution in [3.8, 4) is 11.8 Å². The average molecular weight is 276 g/mol. The lowest BCUT2D eigenvalue weighted by Gasteiger charge is -2.10. The van der Waals surface area contributed by atoms with Gasteiger partial charge in [-0.15, -0.1) is 0 Å². The van der Waals surface area contributed by atoms with E-state index in [2.05, 4.69) is 12.2 Å². The number of nitrogens with one attached hydrogen (secondary N) is 1. The minimum absolute atomic E-state index is 0.0856. The molecule has 1 rings (SSSR count). The first-order chi connectivity index (χ1) is 9.88. The summed E-state index contributed by atoms with van der Waals surface area (Å²) in [6.45, 7) is 5.58. The summed E-state index contributed by atoms with van der Waals surface area (Å²) >= 11 is 0. The fourth-order valence-corrected chi connectivity index (χ4v) is 1.77. The maximum Gasteiger partial charge on any atom is 0.174 e. The summed E-state index contributed by atoms with van der Waals surface area (Å²) in [5, 5.41) is 11.9. The summed E-state index contributed by atoms with van der Waals surface area (Å²) in [7, 11) is 0. The van der Waals surface area contributed by atoms with E-state index in [4.69, 9.17) is 14.7 Å². The number of ether oxygens (including phenoxy) is 2. The number of unbranched alkanes of at least 4 members (excludes halogenated alkanes) is 1. The molecule has 110 valence electrons. The maximum absolute atomic E-state index is 8.55. The number of benzene rings is 1. The predicted molar refractivity (Wildman–Crippen MR) is 79.6 cm³/mol. The van der Waals surface area contributed by atoms with Crippen LogP contribution >= 0.6 is 0 Å². The first kappa shape index (κ1) is 16.5. The molecule has 4 nitrogen and oxygen atoms in total. The van der Waals surface area contributed by atoms with Crippen molar-refractivity contribution in [1.29, 1.82) is 5.26 Å². The molecule has 0 fully saturated rings. The van der Waals surface area contributed by atoms with Gasteiger partial charge in [-0.1, -0.05) is 31.5 Å². The van der Waals surface area contributed by atoms with Crippen LogP contribution in [0.15, 0.2) is 24.3 Å². The van der Waals surface area contributed by atoms with Gasteiger partial charge in [-0.05, 0) is 25.5 Å². The van der Waals surface area contributed by atoms with Gasteiger partial charge >= 0.3 is 0 Å². The maximum atomic E-state index is 8.55. The molecule has 0 atom stereocenters. The second kappa shape index (κ2) is 11.3. The normalized spacial score (nSPS) is 10.2. The highest BCUT2D eigenvalue weighted by Crippen LogP contribution is 2.17. The van der Waals surface area contributed by atoms with Crippen molar-refractivity contribution in [3.63, 3.8) is 0 Å². The Balaban J connectivity index is 2.17. The quantitative estimate of drug-likeness (QED) is 0.631. The highest BCUT2D eigenvalue weighted by Gasteiger charge is 2.01. The molecule has 0 saturated heterocycles. The molecule has 1 N–H and O–H groups in total. The zero-order valence-electron chi connectivity index (χ0n) is 12.2. The second-order valence-corrected chi connectivity index (χ2v) is 4.55. The molecule has 0 saturated carbocycles. The van der Waals surface area contributed by atoms with Crippen LogP contribution in [0, 0.1) is 11.3 Å². The molecule has 0 aromatic heterocycles. The monoisotopic (exact) mass is 276 g/mol. The lowest BCUT2D eigenvalue weighted by Crippen LogP contribution is -2.17. The van der Waals surface area contributed by atoms with Crippen LogP contribution in [0.5, 0.6) is 5.75 Å². The Morgan fingerprint density at radius 2 is 2.00 bits per heavy atom. The zero-order valence-corrected chi connectivity index (χ0v) is 12.2. The van der Waals surface area contributed by atoms with Crippen molar-refractivity contribution in [2.24, 2.45) is 0 Å². The Labute approximate surface area is 121 Å². The van der Waals surface area contributed by atoms with Crippen molar-refractivity contribution in [2.75, 3.05) is 26.4 Å². The highest BCUT2D eigenvalue weighted by molar-refractivity contribution is 5.33. The molecular weight excluding hydrogens is 252 g/mol. The van der Waals surface area contributed by atoms with E-state index in [1.165, 1.54) is 6.42 Å². The number of para-hydroxylation sites is 1. The Hall–Kier alpha value is -1.57. The molecule has 20 heavy (non-hydrogen) atoms. The van der Waals surface area contributed by atoms with Crippen LogP contribution in [-0.2, 0) is 11.3 Å². The largest absolute Gasteiger partial charge is 0.478 e. The minimum Gasteiger partial charge on any atom is -0.478 e. The molecule has 4 heteroatoms. The second-order valence-electron chi connectivity index (χ2n) is 4.55. The fourth-order valence-electron chi connectivity index (χ4n) is 1.77. The van der Waals surface area contributed by atoms with E-state index in [1.807, 2.05) is 30.3 Å². The van der Waals surface area contributed by atoms with Gasteiger partial charge in [0.25, 0.3) is 0 Å². The summed E-state index contributed by atoms with van der Waals surface area (Å²) in [4.78, 5) is 0. The Kier molecular flexibility index (Phi) is 9.29. The van der Waals surface area contributed by atoms with Crippen molar-refractivity contribution in [1.82, 2.24) is 5.32 Å². The highest BCUT2D eigenvalue weighted by atomic mass is 16.5. The van der Waals surface area contributed by atoms with Gasteiger partial charge in [0, 0.05) is 25.3 Å². The average Bonchev–Trinajstić information content (AvgIpc) is 2.49. The molecule has 0 aliphatic rings. The Morgan fingerprint density at radius 1 is 1.20 bits per heavy atom. The summed E-state index contributed by atoms with van der Waals surface area (Å²) < 4.78 is 10.9. The van der Waals surface area contributed by atoms with E-state index in [1.54, 1.807) is 0 Å². The van der Waals surface area contributed by atoms with Gasteiger partial charge in [0.1, 0.15) is 11.8 Å². The van der Waals surface area contributed by atoms with Crippen molar-refractivity contribution in [2.45, 2.75) is 32.7 Å². The van der Waals surface area contributed by atoms with Gasteiger partial charge in [0.15, 0.2) is 6.61 Å². The third-order valence-corrected chi connectivity index (χ3v) is 2.86. The third-order valence-electron chi connectivity index (χ3n) is 2.86. The van der Waals surface area contributed by atoms with Crippen molar-refractivity contribution < 1.29 is 9.47 Å². The summed E-state index contributed by atoms with van der Waals surface area (Å²) in [5.41, 5.74) is 1.08. The molecule has 0 unspecified atom stereocenters. The standard InChI is InChI=1S/C16H24N2O2/c1-2-3-11-19-12-6-10-18-14-15-7-4-5-8-16(15)20-13-9-17/h4-5,7-8,18H,2-3,6,10-14H2,1H3. The number of hydrogen-bond acceptors (Lipinski definition) is 4. The van der Waals surface area contributed by atoms with Crippen LogP contribution in [-0.4, -0.2) is 26.4 Å². The lowest BCUT2D eigenvalue weighted by molar-refractivity contribution is 0.128. The van der Waals surface area contributed by atoms with Crippen molar-refractivity contribution in [3.05, 3.63) is 29.8 Å². The van der Waals surface area contributed by atoms with Crippen LogP contribution in [0.4, 0.5) is 0 Å². The van der Waals surface area contributed by atoms with Crippen LogP contribution in [0.1, 0.15) is 31.7 Å². The Bertz CT molecular complexity index is 402. The van der Waals surface area contributed by atoms with Crippen LogP contribution in [0.2, 0.25) is 0 Å². The molecule has 0 aliphatic heterocycles. The molecular formula is C16H24N2O2. The van der Waals surface area contributed by atoms with E-state index in [0.29, 0.717) is 0 Å². The van der Waals surface area contributed by atoms with Gasteiger partial charge in [-0.25, -0.2) is 0 Å². The topological polar surface area (TPSA) is 54.3 Å². The lowest BCUT2D eigenvalue weighted by atomic mass is 10.2. The molecule has 0 spiro atoms. The molecule has 0 aliphatic carbocycles. The molecule has 1 aromatic rings. The van der Waals surface area contributed by atoms with Crippen molar-refractivity contribution >= 4 is 0 Å². The van der Waals surface area contributed by atoms with Gasteiger partial charge in [-0.3, -0.25) is 0 Å². The van der Waals surface area contributed by atoms with E-state index in [-0.39, 0.29) is 6.61 Å². The Morgan fingerprint density at radius 3 is 2.80 bits per heavy atom.